The van der Waals surface area contributed by atoms with Crippen LogP contribution in [0.2, 0.25) is 0 Å². The quantitative estimate of drug-likeness (QED) is 0.423. The first-order chi connectivity index (χ1) is 14.0. The summed E-state index contributed by atoms with van der Waals surface area (Å²) in [6.07, 6.45) is 2.85. The van der Waals surface area contributed by atoms with E-state index < -0.39 is 0 Å². The predicted octanol–water partition coefficient (Wildman–Crippen LogP) is 4.70. The Morgan fingerprint density at radius 3 is 2.34 bits per heavy atom. The summed E-state index contributed by atoms with van der Waals surface area (Å²) in [5.41, 5.74) is 4.10. The molecule has 29 heavy (non-hydrogen) atoms. The lowest BCUT2D eigenvalue weighted by Crippen LogP contribution is -2.14. The van der Waals surface area contributed by atoms with Gasteiger partial charge >= 0.3 is 0 Å². The van der Waals surface area contributed by atoms with Crippen LogP contribution >= 0.6 is 23.1 Å². The Morgan fingerprint density at radius 1 is 1.03 bits per heavy atom. The van der Waals surface area contributed by atoms with Crippen molar-refractivity contribution in [3.63, 3.8) is 0 Å². The number of rotatable bonds is 7. The van der Waals surface area contributed by atoms with Crippen molar-refractivity contribution < 1.29 is 9.59 Å². The molecule has 0 bridgehead atoms. The molecule has 3 rings (SSSR count). The molecular formula is C21H22N4O2S2. The van der Waals surface area contributed by atoms with Crippen molar-refractivity contribution in [2.75, 3.05) is 16.9 Å². The molecule has 0 spiro atoms. The number of anilines is 2. The Balaban J connectivity index is 1.59. The van der Waals surface area contributed by atoms with Gasteiger partial charge in [0.15, 0.2) is 5.16 Å². The van der Waals surface area contributed by atoms with Crippen molar-refractivity contribution >= 4 is 46.3 Å². The molecule has 3 aromatic rings. The minimum absolute atomic E-state index is 0.0977. The van der Waals surface area contributed by atoms with E-state index in [1.54, 1.807) is 30.3 Å². The van der Waals surface area contributed by atoms with Gasteiger partial charge in [0.05, 0.1) is 4.88 Å². The van der Waals surface area contributed by atoms with Crippen LogP contribution in [0.15, 0.2) is 46.9 Å². The lowest BCUT2D eigenvalue weighted by Gasteiger charge is -2.11. The minimum atomic E-state index is -0.164. The van der Waals surface area contributed by atoms with E-state index in [0.717, 1.165) is 22.1 Å². The van der Waals surface area contributed by atoms with Crippen LogP contribution in [0.25, 0.3) is 0 Å². The number of thioether (sulfide) groups is 1. The van der Waals surface area contributed by atoms with Crippen molar-refractivity contribution in [1.82, 2.24) is 9.97 Å². The Hall–Kier alpha value is -2.71. The molecule has 0 radical (unpaired) electrons. The maximum atomic E-state index is 12.4. The van der Waals surface area contributed by atoms with Crippen molar-refractivity contribution in [3.05, 3.63) is 63.6 Å². The highest BCUT2D eigenvalue weighted by molar-refractivity contribution is 7.98. The second kappa shape index (κ2) is 9.67. The summed E-state index contributed by atoms with van der Waals surface area (Å²) in [6.45, 7) is 3.89. The molecule has 2 N–H and O–H groups in total. The number of benzene rings is 1. The molecule has 0 aliphatic heterocycles. The van der Waals surface area contributed by atoms with Gasteiger partial charge in [0, 0.05) is 29.2 Å². The van der Waals surface area contributed by atoms with E-state index in [0.29, 0.717) is 29.1 Å². The molecule has 0 unspecified atom stereocenters. The number of hydrogen-bond acceptors (Lipinski definition) is 6. The van der Waals surface area contributed by atoms with Gasteiger partial charge in [0.2, 0.25) is 5.91 Å². The second-order valence-electron chi connectivity index (χ2n) is 6.42. The first-order valence-corrected chi connectivity index (χ1v) is 11.2. The van der Waals surface area contributed by atoms with E-state index in [2.05, 4.69) is 20.6 Å². The Bertz CT molecular complexity index is 996. The molecular weight excluding hydrogens is 404 g/mol. The fourth-order valence-electron chi connectivity index (χ4n) is 2.90. The van der Waals surface area contributed by atoms with E-state index in [-0.39, 0.29) is 11.8 Å². The molecule has 8 heteroatoms. The smallest absolute Gasteiger partial charge is 0.265 e. The number of thiophene rings is 1. The highest BCUT2D eigenvalue weighted by Gasteiger charge is 2.12. The largest absolute Gasteiger partial charge is 0.326 e. The van der Waals surface area contributed by atoms with E-state index in [4.69, 9.17) is 0 Å². The van der Waals surface area contributed by atoms with Crippen LogP contribution in [0.1, 0.15) is 33.0 Å². The Labute approximate surface area is 178 Å². The van der Waals surface area contributed by atoms with Crippen molar-refractivity contribution in [2.45, 2.75) is 31.8 Å². The summed E-state index contributed by atoms with van der Waals surface area (Å²) in [7, 11) is 0. The lowest BCUT2D eigenvalue weighted by molar-refractivity contribution is -0.116. The van der Waals surface area contributed by atoms with E-state index in [1.165, 1.54) is 23.1 Å². The fraction of sp³-hybridized carbons (Fsp3) is 0.238. The van der Waals surface area contributed by atoms with Gasteiger partial charge in [0.1, 0.15) is 0 Å². The minimum Gasteiger partial charge on any atom is -0.326 e. The van der Waals surface area contributed by atoms with Crippen LogP contribution in [-0.4, -0.2) is 28.0 Å². The summed E-state index contributed by atoms with van der Waals surface area (Å²) >= 11 is 2.89. The zero-order valence-corrected chi connectivity index (χ0v) is 18.1. The molecule has 1 aromatic carbocycles. The van der Waals surface area contributed by atoms with E-state index >= 15 is 0 Å². The predicted molar refractivity (Wildman–Crippen MR) is 119 cm³/mol. The topological polar surface area (TPSA) is 84.0 Å². The number of amides is 2. The van der Waals surface area contributed by atoms with Crippen molar-refractivity contribution in [3.8, 4) is 0 Å². The summed E-state index contributed by atoms with van der Waals surface area (Å²) in [4.78, 5) is 34.1. The molecule has 0 saturated heterocycles. The third-order valence-electron chi connectivity index (χ3n) is 4.33. The van der Waals surface area contributed by atoms with Crippen LogP contribution in [-0.2, 0) is 11.2 Å². The van der Waals surface area contributed by atoms with Gasteiger partial charge in [-0.15, -0.1) is 11.3 Å². The molecule has 2 heterocycles. The van der Waals surface area contributed by atoms with Gasteiger partial charge in [-0.1, -0.05) is 23.9 Å². The van der Waals surface area contributed by atoms with E-state index in [9.17, 15) is 9.59 Å². The fourth-order valence-corrected chi connectivity index (χ4v) is 3.97. The number of aryl methyl sites for hydroxylation is 2. The van der Waals surface area contributed by atoms with Gasteiger partial charge in [-0.2, -0.15) is 0 Å². The van der Waals surface area contributed by atoms with Gasteiger partial charge in [-0.05, 0) is 61.7 Å². The molecule has 2 amide bonds. The summed E-state index contributed by atoms with van der Waals surface area (Å²) in [5, 5.41) is 8.33. The summed E-state index contributed by atoms with van der Waals surface area (Å²) < 4.78 is 0. The van der Waals surface area contributed by atoms with Crippen LogP contribution in [0.5, 0.6) is 0 Å². The molecule has 150 valence electrons. The number of nitrogens with one attached hydrogen (secondary N) is 2. The maximum Gasteiger partial charge on any atom is 0.265 e. The third-order valence-corrected chi connectivity index (χ3v) is 5.75. The lowest BCUT2D eigenvalue weighted by atomic mass is 10.1. The highest BCUT2D eigenvalue weighted by Crippen LogP contribution is 2.19. The van der Waals surface area contributed by atoms with Gasteiger partial charge in [0.25, 0.3) is 5.91 Å². The highest BCUT2D eigenvalue weighted by atomic mass is 32.2. The number of nitrogens with zero attached hydrogens (tertiary/aromatic N) is 2. The second-order valence-corrected chi connectivity index (χ2v) is 8.14. The van der Waals surface area contributed by atoms with Crippen molar-refractivity contribution in [2.24, 2.45) is 0 Å². The molecule has 2 aromatic heterocycles. The number of hydrogen-bond donors (Lipinski definition) is 2. The van der Waals surface area contributed by atoms with Gasteiger partial charge in [-0.3, -0.25) is 9.59 Å². The van der Waals surface area contributed by atoms with Crippen LogP contribution in [0.4, 0.5) is 11.4 Å². The zero-order chi connectivity index (χ0) is 20.8. The number of carbonyl (C=O) groups is 2. The monoisotopic (exact) mass is 426 g/mol. The summed E-state index contributed by atoms with van der Waals surface area (Å²) in [6, 6.07) is 10.7. The zero-order valence-electron chi connectivity index (χ0n) is 16.5. The first-order valence-electron chi connectivity index (χ1n) is 9.09. The van der Waals surface area contributed by atoms with Gasteiger partial charge < -0.3 is 10.6 Å². The normalized spacial score (nSPS) is 10.6. The average molecular weight is 427 g/mol. The molecule has 0 aliphatic rings. The van der Waals surface area contributed by atoms with Crippen LogP contribution in [0.3, 0.4) is 0 Å². The first kappa shape index (κ1) is 21.0. The Kier molecular flexibility index (Phi) is 7.00. The SMILES string of the molecule is CSc1nc(C)c(CCC(=O)Nc2cccc(NC(=O)c3cccs3)c2)c(C)n1. The maximum absolute atomic E-state index is 12.4. The average Bonchev–Trinajstić information content (AvgIpc) is 3.22. The standard InChI is InChI=1S/C21H22N4O2S2/c1-13-17(14(2)23-21(22-13)28-3)9-10-19(26)24-15-6-4-7-16(12-15)25-20(27)18-8-5-11-29-18/h4-8,11-12H,9-10H2,1-3H3,(H,24,26)(H,25,27). The van der Waals surface area contributed by atoms with Gasteiger partial charge in [-0.25, -0.2) is 9.97 Å². The molecule has 0 fully saturated rings. The molecule has 0 saturated carbocycles. The van der Waals surface area contributed by atoms with Crippen LogP contribution < -0.4 is 10.6 Å². The molecule has 0 atom stereocenters. The molecule has 6 nitrogen and oxygen atoms in total. The van der Waals surface area contributed by atoms with Crippen LogP contribution in [0, 0.1) is 13.8 Å². The number of carbonyl (C=O) groups excluding carboxylic acids is 2. The van der Waals surface area contributed by atoms with E-state index in [1.807, 2.05) is 31.5 Å². The summed E-state index contributed by atoms with van der Waals surface area (Å²) in [5.74, 6) is -0.261. The Morgan fingerprint density at radius 2 is 1.72 bits per heavy atom. The molecule has 0 aliphatic carbocycles. The third kappa shape index (κ3) is 5.65. The van der Waals surface area contributed by atoms with Crippen molar-refractivity contribution in [1.29, 1.82) is 0 Å². The number of aromatic nitrogens is 2.